The average Bonchev–Trinajstić information content (AvgIpc) is 2.85. The molecule has 0 aliphatic rings. The fraction of sp³-hybridized carbons (Fsp3) is 0.0909. The number of anilines is 1. The van der Waals surface area contributed by atoms with Crippen LogP contribution in [0.5, 0.6) is 0 Å². The van der Waals surface area contributed by atoms with Gasteiger partial charge in [0.25, 0.3) is 10.0 Å². The molecule has 21 heavy (non-hydrogen) atoms. The normalized spacial score (nSPS) is 11.2. The van der Waals surface area contributed by atoms with Gasteiger partial charge in [0.05, 0.1) is 18.3 Å². The molecule has 0 radical (unpaired) electrons. The number of ether oxygens (including phenoxy) is 1. The highest BCUT2D eigenvalue weighted by Crippen LogP contribution is 2.27. The Hall–Kier alpha value is -1.35. The molecular formula is C11H8Cl2N2O4S2. The van der Waals surface area contributed by atoms with Gasteiger partial charge in [-0.25, -0.2) is 18.2 Å². The zero-order chi connectivity index (χ0) is 15.6. The molecular weight excluding hydrogens is 359 g/mol. The number of thiazole rings is 1. The van der Waals surface area contributed by atoms with Crippen molar-refractivity contribution in [2.24, 2.45) is 0 Å². The Morgan fingerprint density at radius 1 is 1.29 bits per heavy atom. The first kappa shape index (κ1) is 16.0. The molecule has 112 valence electrons. The van der Waals surface area contributed by atoms with E-state index in [-0.39, 0.29) is 25.6 Å². The van der Waals surface area contributed by atoms with E-state index in [9.17, 15) is 13.2 Å². The standard InChI is InChI=1S/C11H8Cl2N2O4S2/c1-19-10(16)9-11(20-5-14-9)21(17,18)15-8-3-6(12)2-7(13)4-8/h2-5,15H,1H3. The number of aromatic nitrogens is 1. The maximum atomic E-state index is 12.3. The molecule has 2 aromatic rings. The summed E-state index contributed by atoms with van der Waals surface area (Å²) in [5.41, 5.74) is 1.14. The smallest absolute Gasteiger partial charge is 0.358 e. The van der Waals surface area contributed by atoms with Gasteiger partial charge in [-0.15, -0.1) is 11.3 Å². The Kier molecular flexibility index (Phi) is 4.72. The van der Waals surface area contributed by atoms with Crippen molar-refractivity contribution in [2.75, 3.05) is 11.8 Å². The average molecular weight is 367 g/mol. The van der Waals surface area contributed by atoms with E-state index in [1.165, 1.54) is 23.7 Å². The number of hydrogen-bond acceptors (Lipinski definition) is 6. The van der Waals surface area contributed by atoms with Crippen molar-refractivity contribution in [2.45, 2.75) is 4.21 Å². The summed E-state index contributed by atoms with van der Waals surface area (Å²) < 4.78 is 31.1. The second-order valence-corrected chi connectivity index (χ2v) is 7.35. The molecule has 0 bridgehead atoms. The number of halogens is 2. The first-order valence-corrected chi connectivity index (χ1v) is 8.46. The molecule has 2 rings (SSSR count). The number of carbonyl (C=O) groups is 1. The van der Waals surface area contributed by atoms with Gasteiger partial charge in [0, 0.05) is 10.0 Å². The van der Waals surface area contributed by atoms with Crippen LogP contribution in [0.2, 0.25) is 10.0 Å². The predicted molar refractivity (Wildman–Crippen MR) is 80.7 cm³/mol. The zero-order valence-electron chi connectivity index (χ0n) is 10.5. The molecule has 1 aromatic heterocycles. The second kappa shape index (κ2) is 6.18. The van der Waals surface area contributed by atoms with Crippen LogP contribution in [-0.2, 0) is 14.8 Å². The number of methoxy groups -OCH3 is 1. The van der Waals surface area contributed by atoms with E-state index in [0.717, 1.165) is 18.4 Å². The van der Waals surface area contributed by atoms with Crippen LogP contribution in [0.1, 0.15) is 10.5 Å². The fourth-order valence-electron chi connectivity index (χ4n) is 1.47. The molecule has 6 nitrogen and oxygen atoms in total. The van der Waals surface area contributed by atoms with Crippen LogP contribution in [0, 0.1) is 0 Å². The summed E-state index contributed by atoms with van der Waals surface area (Å²) in [5.74, 6) is -0.833. The molecule has 1 aromatic carbocycles. The highest BCUT2D eigenvalue weighted by Gasteiger charge is 2.26. The third kappa shape index (κ3) is 3.65. The maximum absolute atomic E-state index is 12.3. The third-order valence-corrected chi connectivity index (χ3v) is 5.46. The zero-order valence-corrected chi connectivity index (χ0v) is 13.6. The summed E-state index contributed by atoms with van der Waals surface area (Å²) in [5, 5.41) is 0.551. The SMILES string of the molecule is COC(=O)c1ncsc1S(=O)(=O)Nc1cc(Cl)cc(Cl)c1. The number of esters is 1. The molecule has 0 saturated carbocycles. The lowest BCUT2D eigenvalue weighted by Gasteiger charge is -2.08. The van der Waals surface area contributed by atoms with Crippen LogP contribution >= 0.6 is 34.5 Å². The van der Waals surface area contributed by atoms with Gasteiger partial charge in [-0.1, -0.05) is 23.2 Å². The molecule has 1 heterocycles. The summed E-state index contributed by atoms with van der Waals surface area (Å²) in [6, 6.07) is 4.25. The Balaban J connectivity index is 2.39. The third-order valence-electron chi connectivity index (χ3n) is 2.27. The number of carbonyl (C=O) groups excluding carboxylic acids is 1. The van der Waals surface area contributed by atoms with Gasteiger partial charge in [-0.05, 0) is 18.2 Å². The van der Waals surface area contributed by atoms with Crippen molar-refractivity contribution in [3.63, 3.8) is 0 Å². The van der Waals surface area contributed by atoms with Crippen molar-refractivity contribution >= 4 is 56.2 Å². The largest absolute Gasteiger partial charge is 0.464 e. The van der Waals surface area contributed by atoms with E-state index in [0.29, 0.717) is 0 Å². The van der Waals surface area contributed by atoms with Gasteiger partial charge < -0.3 is 4.74 Å². The summed E-state index contributed by atoms with van der Waals surface area (Å²) in [6.45, 7) is 0. The van der Waals surface area contributed by atoms with Crippen molar-refractivity contribution in [3.8, 4) is 0 Å². The van der Waals surface area contributed by atoms with Crippen molar-refractivity contribution in [3.05, 3.63) is 39.4 Å². The fourth-order valence-corrected chi connectivity index (χ4v) is 4.17. The van der Waals surface area contributed by atoms with Crippen molar-refractivity contribution in [1.82, 2.24) is 4.98 Å². The number of benzene rings is 1. The first-order chi connectivity index (χ1) is 9.83. The number of hydrogen-bond donors (Lipinski definition) is 1. The van der Waals surface area contributed by atoms with Crippen molar-refractivity contribution < 1.29 is 17.9 Å². The van der Waals surface area contributed by atoms with E-state index < -0.39 is 16.0 Å². The van der Waals surface area contributed by atoms with Crippen LogP contribution in [0.15, 0.2) is 27.9 Å². The molecule has 0 unspecified atom stereocenters. The Labute approximate surface area is 134 Å². The van der Waals surface area contributed by atoms with Crippen LogP contribution < -0.4 is 4.72 Å². The summed E-state index contributed by atoms with van der Waals surface area (Å²) >= 11 is 12.4. The number of sulfonamides is 1. The van der Waals surface area contributed by atoms with Crippen molar-refractivity contribution in [1.29, 1.82) is 0 Å². The van der Waals surface area contributed by atoms with Crippen LogP contribution in [-0.4, -0.2) is 26.5 Å². The molecule has 1 N–H and O–H groups in total. The highest BCUT2D eigenvalue weighted by molar-refractivity contribution is 7.94. The van der Waals surface area contributed by atoms with Gasteiger partial charge >= 0.3 is 5.97 Å². The molecule has 0 aliphatic carbocycles. The van der Waals surface area contributed by atoms with E-state index in [1.54, 1.807) is 0 Å². The summed E-state index contributed by atoms with van der Waals surface area (Å²) in [4.78, 5) is 15.2. The minimum Gasteiger partial charge on any atom is -0.464 e. The van der Waals surface area contributed by atoms with Gasteiger partial charge in [0.2, 0.25) is 0 Å². The lowest BCUT2D eigenvalue weighted by atomic mass is 10.3. The Morgan fingerprint density at radius 3 is 2.48 bits per heavy atom. The monoisotopic (exact) mass is 366 g/mol. The molecule has 0 spiro atoms. The molecule has 10 heteroatoms. The molecule has 0 saturated heterocycles. The van der Waals surface area contributed by atoms with Gasteiger partial charge in [-0.2, -0.15) is 0 Å². The number of nitrogens with one attached hydrogen (secondary N) is 1. The van der Waals surface area contributed by atoms with E-state index >= 15 is 0 Å². The Morgan fingerprint density at radius 2 is 1.90 bits per heavy atom. The Bertz CT molecular complexity index is 769. The lowest BCUT2D eigenvalue weighted by molar-refractivity contribution is 0.0590. The minimum absolute atomic E-state index is 0.178. The van der Waals surface area contributed by atoms with E-state index in [4.69, 9.17) is 23.2 Å². The highest BCUT2D eigenvalue weighted by atomic mass is 35.5. The van der Waals surface area contributed by atoms with Gasteiger partial charge in [0.15, 0.2) is 9.90 Å². The number of rotatable bonds is 4. The summed E-state index contributed by atoms with van der Waals surface area (Å²) in [6.07, 6.45) is 0. The van der Waals surface area contributed by atoms with Gasteiger partial charge in [0.1, 0.15) is 0 Å². The number of nitrogens with zero attached hydrogens (tertiary/aromatic N) is 1. The lowest BCUT2D eigenvalue weighted by Crippen LogP contribution is -2.16. The molecule has 0 aliphatic heterocycles. The first-order valence-electron chi connectivity index (χ1n) is 5.34. The molecule has 0 atom stereocenters. The summed E-state index contributed by atoms with van der Waals surface area (Å²) in [7, 11) is -2.86. The van der Waals surface area contributed by atoms with Crippen LogP contribution in [0.25, 0.3) is 0 Å². The van der Waals surface area contributed by atoms with Crippen LogP contribution in [0.4, 0.5) is 5.69 Å². The topological polar surface area (TPSA) is 85.4 Å². The van der Waals surface area contributed by atoms with E-state index in [2.05, 4.69) is 14.4 Å². The molecule has 0 amide bonds. The predicted octanol–water partition coefficient (Wildman–Crippen LogP) is 3.04. The quantitative estimate of drug-likeness (QED) is 0.840. The van der Waals surface area contributed by atoms with E-state index in [1.807, 2.05) is 0 Å². The molecule has 0 fully saturated rings. The minimum atomic E-state index is -4.00. The second-order valence-electron chi connectivity index (χ2n) is 3.74. The maximum Gasteiger partial charge on any atom is 0.358 e. The van der Waals surface area contributed by atoms with Gasteiger partial charge in [-0.3, -0.25) is 4.72 Å². The van der Waals surface area contributed by atoms with Crippen LogP contribution in [0.3, 0.4) is 0 Å².